The Morgan fingerprint density at radius 1 is 1.13 bits per heavy atom. The molecule has 0 spiro atoms. The van der Waals surface area contributed by atoms with Gasteiger partial charge >= 0.3 is 18.9 Å². The van der Waals surface area contributed by atoms with Gasteiger partial charge in [0.2, 0.25) is 0 Å². The van der Waals surface area contributed by atoms with Crippen LogP contribution < -0.4 is 0 Å². The molecule has 0 aliphatic rings. The molecule has 0 heterocycles. The van der Waals surface area contributed by atoms with E-state index in [1.54, 1.807) is 0 Å². The van der Waals surface area contributed by atoms with Crippen LogP contribution in [0, 0.1) is 0 Å². The van der Waals surface area contributed by atoms with E-state index in [4.69, 9.17) is 4.55 Å². The fourth-order valence-electron chi connectivity index (χ4n) is 0.783. The summed E-state index contributed by atoms with van der Waals surface area (Å²) in [5.74, 6) is -1.53. The van der Waals surface area contributed by atoms with E-state index in [-0.39, 0.29) is 18.9 Å². The number of alkyl halides is 4. The third kappa shape index (κ3) is 8.08. The van der Waals surface area contributed by atoms with Crippen LogP contribution in [0.25, 0.3) is 0 Å². The summed E-state index contributed by atoms with van der Waals surface area (Å²) in [6.07, 6.45) is -8.68. The van der Waals surface area contributed by atoms with Crippen molar-refractivity contribution in [2.75, 3.05) is 12.4 Å². The Bertz CT molecular complexity index is 261. The van der Waals surface area contributed by atoms with E-state index in [2.05, 4.69) is 0 Å². The quantitative estimate of drug-likeness (QED) is 0.424. The minimum atomic E-state index is -4.69. The first kappa shape index (κ1) is 17.6. The van der Waals surface area contributed by atoms with Crippen molar-refractivity contribution in [1.29, 1.82) is 0 Å². The molecule has 0 aliphatic heterocycles. The summed E-state index contributed by atoms with van der Waals surface area (Å²) >= 11 is 0. The van der Waals surface area contributed by atoms with Crippen LogP contribution in [0.1, 0.15) is 6.42 Å². The SMILES string of the molecule is O=S(=O)(O)CC(F)C(F)C(F)CCF.[LiH]. The van der Waals surface area contributed by atoms with Crippen molar-refractivity contribution in [1.82, 2.24) is 0 Å². The maximum atomic E-state index is 12.6. The monoisotopic (exact) mass is 246 g/mol. The van der Waals surface area contributed by atoms with Crippen LogP contribution in [-0.4, -0.2) is 62.8 Å². The molecule has 9 heteroatoms. The Kier molecular flexibility index (Phi) is 8.80. The van der Waals surface area contributed by atoms with Crippen molar-refractivity contribution >= 4 is 29.0 Å². The van der Waals surface area contributed by atoms with Crippen molar-refractivity contribution < 1.29 is 30.5 Å². The summed E-state index contributed by atoms with van der Waals surface area (Å²) in [5, 5.41) is 0. The topological polar surface area (TPSA) is 54.4 Å². The second kappa shape index (κ2) is 7.49. The molecule has 0 aliphatic carbocycles. The van der Waals surface area contributed by atoms with Crippen LogP contribution >= 0.6 is 0 Å². The zero-order chi connectivity index (χ0) is 11.4. The number of rotatable bonds is 6. The molecule has 0 rings (SSSR count). The molecule has 3 unspecified atom stereocenters. The van der Waals surface area contributed by atoms with E-state index >= 15 is 0 Å². The molecule has 3 atom stereocenters. The summed E-state index contributed by atoms with van der Waals surface area (Å²) < 4.78 is 77.5. The van der Waals surface area contributed by atoms with Crippen LogP contribution in [0.5, 0.6) is 0 Å². The van der Waals surface area contributed by atoms with Gasteiger partial charge in [0, 0.05) is 6.42 Å². The van der Waals surface area contributed by atoms with E-state index < -0.39 is 47.5 Å². The average Bonchev–Trinajstić information content (AvgIpc) is 2.00. The Morgan fingerprint density at radius 3 is 1.93 bits per heavy atom. The second-order valence-corrected chi connectivity index (χ2v) is 4.20. The molecule has 0 aromatic carbocycles. The zero-order valence-electron chi connectivity index (χ0n) is 7.04. The summed E-state index contributed by atoms with van der Waals surface area (Å²) in [4.78, 5) is 0. The summed E-state index contributed by atoms with van der Waals surface area (Å²) in [6.45, 7) is -1.17. The van der Waals surface area contributed by atoms with E-state index in [1.165, 1.54) is 0 Å². The molecule has 0 aromatic rings. The normalized spacial score (nSPS) is 17.7. The Labute approximate surface area is 97.2 Å². The third-order valence-corrected chi connectivity index (χ3v) is 2.19. The van der Waals surface area contributed by atoms with Gasteiger partial charge in [0.05, 0.1) is 6.67 Å². The van der Waals surface area contributed by atoms with Crippen LogP contribution in [0.2, 0.25) is 0 Å². The molecule has 0 bridgehead atoms. The van der Waals surface area contributed by atoms with Crippen molar-refractivity contribution in [3.63, 3.8) is 0 Å². The van der Waals surface area contributed by atoms with Gasteiger partial charge in [0.25, 0.3) is 10.1 Å². The molecular formula is C6H11F4LiO3S. The van der Waals surface area contributed by atoms with E-state index in [1.807, 2.05) is 0 Å². The molecule has 88 valence electrons. The second-order valence-electron chi connectivity index (χ2n) is 2.70. The fraction of sp³-hybridized carbons (Fsp3) is 1.00. The molecule has 0 amide bonds. The van der Waals surface area contributed by atoms with Crippen molar-refractivity contribution in [3.8, 4) is 0 Å². The molecule has 0 saturated heterocycles. The van der Waals surface area contributed by atoms with Gasteiger partial charge in [-0.25, -0.2) is 13.2 Å². The standard InChI is InChI=1S/C6H10F4O3S.Li.H/c7-2-1-4(8)6(10)5(9)3-14(11,12)13;;/h4-6H,1-3H2,(H,11,12,13);;. The van der Waals surface area contributed by atoms with Gasteiger partial charge < -0.3 is 0 Å². The first-order valence-corrected chi connectivity index (χ1v) is 5.32. The summed E-state index contributed by atoms with van der Waals surface area (Å²) in [6, 6.07) is 0. The number of halogens is 4. The van der Waals surface area contributed by atoms with Gasteiger partial charge in [-0.1, -0.05) is 0 Å². The predicted molar refractivity (Wildman–Crippen MR) is 48.8 cm³/mol. The van der Waals surface area contributed by atoms with Crippen LogP contribution in [0.3, 0.4) is 0 Å². The molecule has 0 radical (unpaired) electrons. The average molecular weight is 246 g/mol. The summed E-state index contributed by atoms with van der Waals surface area (Å²) in [5.41, 5.74) is 0. The molecule has 0 saturated carbocycles. The summed E-state index contributed by atoms with van der Waals surface area (Å²) in [7, 11) is -4.69. The molecule has 1 N–H and O–H groups in total. The van der Waals surface area contributed by atoms with Crippen LogP contribution in [0.15, 0.2) is 0 Å². The predicted octanol–water partition coefficient (Wildman–Crippen LogP) is 0.600. The van der Waals surface area contributed by atoms with Crippen LogP contribution in [-0.2, 0) is 10.1 Å². The molecule has 3 nitrogen and oxygen atoms in total. The fourth-order valence-corrected chi connectivity index (χ4v) is 1.37. The van der Waals surface area contributed by atoms with Crippen molar-refractivity contribution in [3.05, 3.63) is 0 Å². The van der Waals surface area contributed by atoms with Crippen LogP contribution in [0.4, 0.5) is 17.6 Å². The maximum absolute atomic E-state index is 12.6. The van der Waals surface area contributed by atoms with E-state index in [0.29, 0.717) is 0 Å². The molecular weight excluding hydrogens is 235 g/mol. The Balaban J connectivity index is 0. The van der Waals surface area contributed by atoms with Gasteiger partial charge in [-0.2, -0.15) is 8.42 Å². The van der Waals surface area contributed by atoms with Crippen molar-refractivity contribution in [2.45, 2.75) is 24.9 Å². The van der Waals surface area contributed by atoms with Gasteiger partial charge in [0.1, 0.15) is 11.9 Å². The first-order chi connectivity index (χ1) is 6.28. The molecule has 15 heavy (non-hydrogen) atoms. The van der Waals surface area contributed by atoms with E-state index in [0.717, 1.165) is 0 Å². The van der Waals surface area contributed by atoms with Crippen molar-refractivity contribution in [2.24, 2.45) is 0 Å². The van der Waals surface area contributed by atoms with Gasteiger partial charge in [-0.05, 0) is 0 Å². The van der Waals surface area contributed by atoms with Gasteiger partial charge in [-0.15, -0.1) is 0 Å². The first-order valence-electron chi connectivity index (χ1n) is 3.71. The molecule has 0 fully saturated rings. The number of hydrogen-bond acceptors (Lipinski definition) is 2. The third-order valence-electron chi connectivity index (χ3n) is 1.45. The number of hydrogen-bond donors (Lipinski definition) is 1. The Hall–Kier alpha value is 0.227. The molecule has 0 aromatic heterocycles. The van der Waals surface area contributed by atoms with Gasteiger partial charge in [-0.3, -0.25) is 8.94 Å². The van der Waals surface area contributed by atoms with Gasteiger partial charge in [0.15, 0.2) is 12.3 Å². The minimum absolute atomic E-state index is 0. The van der Waals surface area contributed by atoms with E-state index in [9.17, 15) is 26.0 Å². The zero-order valence-corrected chi connectivity index (χ0v) is 7.85. The Morgan fingerprint density at radius 2 is 1.60 bits per heavy atom.